The van der Waals surface area contributed by atoms with E-state index in [1.54, 1.807) is 7.11 Å². The lowest BCUT2D eigenvalue weighted by atomic mass is 10.1. The maximum Gasteiger partial charge on any atom is 0.322 e. The highest BCUT2D eigenvalue weighted by Gasteiger charge is 2.27. The third-order valence-electron chi connectivity index (χ3n) is 4.66. The first-order chi connectivity index (χ1) is 12.7. The zero-order chi connectivity index (χ0) is 18.4. The molecular weight excluding hydrogens is 328 g/mol. The molecule has 0 radical (unpaired) electrons. The van der Waals surface area contributed by atoms with Gasteiger partial charge in [-0.05, 0) is 55.7 Å². The van der Waals surface area contributed by atoms with Gasteiger partial charge in [0.05, 0.1) is 7.11 Å². The van der Waals surface area contributed by atoms with Crippen LogP contribution in [0, 0.1) is 0 Å². The maximum absolute atomic E-state index is 12.5. The average molecular weight is 354 g/mol. The lowest BCUT2D eigenvalue weighted by Crippen LogP contribution is -2.38. The summed E-state index contributed by atoms with van der Waals surface area (Å²) in [4.78, 5) is 14.5. The molecule has 2 aromatic rings. The van der Waals surface area contributed by atoms with Gasteiger partial charge in [0.2, 0.25) is 0 Å². The lowest BCUT2D eigenvalue weighted by molar-refractivity contribution is 0.203. The van der Waals surface area contributed by atoms with Crippen LogP contribution in [0.4, 0.5) is 10.5 Å². The van der Waals surface area contributed by atoms with E-state index in [1.807, 2.05) is 53.4 Å². The van der Waals surface area contributed by atoms with Gasteiger partial charge in [-0.15, -0.1) is 0 Å². The van der Waals surface area contributed by atoms with E-state index in [0.29, 0.717) is 23.3 Å². The SMILES string of the molecule is CCC[C@@H]1CCCN1C(=O)Nc1ccc(Oc2ccccc2OC)cc1. The number of amides is 2. The first-order valence-electron chi connectivity index (χ1n) is 9.20. The number of benzene rings is 2. The number of ether oxygens (including phenoxy) is 2. The number of hydrogen-bond donors (Lipinski definition) is 1. The summed E-state index contributed by atoms with van der Waals surface area (Å²) in [5.41, 5.74) is 0.768. The van der Waals surface area contributed by atoms with E-state index >= 15 is 0 Å². The van der Waals surface area contributed by atoms with Crippen LogP contribution in [0.2, 0.25) is 0 Å². The summed E-state index contributed by atoms with van der Waals surface area (Å²) in [6, 6.07) is 15.3. The molecule has 1 fully saturated rings. The van der Waals surface area contributed by atoms with Crippen molar-refractivity contribution in [3.8, 4) is 17.2 Å². The summed E-state index contributed by atoms with van der Waals surface area (Å²) in [6.45, 7) is 3.00. The standard InChI is InChI=1S/C21H26N2O3/c1-3-7-17-8-6-15-23(17)21(24)22-16-11-13-18(14-12-16)26-20-10-5-4-9-19(20)25-2/h4-5,9-14,17H,3,6-8,15H2,1-2H3,(H,22,24)/t17-/m1/s1. The Kier molecular flexibility index (Phi) is 6.00. The van der Waals surface area contributed by atoms with E-state index in [0.717, 1.165) is 37.9 Å². The Labute approximate surface area is 154 Å². The topological polar surface area (TPSA) is 50.8 Å². The zero-order valence-corrected chi connectivity index (χ0v) is 15.4. The minimum Gasteiger partial charge on any atom is -0.493 e. The average Bonchev–Trinajstić information content (AvgIpc) is 3.12. The third-order valence-corrected chi connectivity index (χ3v) is 4.66. The molecule has 5 nitrogen and oxygen atoms in total. The molecule has 138 valence electrons. The van der Waals surface area contributed by atoms with Crippen molar-refractivity contribution in [2.24, 2.45) is 0 Å². The van der Waals surface area contributed by atoms with Gasteiger partial charge in [-0.1, -0.05) is 25.5 Å². The van der Waals surface area contributed by atoms with Crippen LogP contribution < -0.4 is 14.8 Å². The van der Waals surface area contributed by atoms with Gasteiger partial charge in [0, 0.05) is 18.3 Å². The highest BCUT2D eigenvalue weighted by molar-refractivity contribution is 5.89. The van der Waals surface area contributed by atoms with Crippen LogP contribution in [0.25, 0.3) is 0 Å². The fourth-order valence-electron chi connectivity index (χ4n) is 3.37. The molecule has 5 heteroatoms. The number of likely N-dealkylation sites (tertiary alicyclic amines) is 1. The molecule has 0 spiro atoms. The van der Waals surface area contributed by atoms with Crippen LogP contribution in [-0.4, -0.2) is 30.6 Å². The predicted octanol–water partition coefficient (Wildman–Crippen LogP) is 5.28. The number of carbonyl (C=O) groups is 1. The smallest absolute Gasteiger partial charge is 0.322 e. The number of rotatable bonds is 6. The van der Waals surface area contributed by atoms with Gasteiger partial charge in [-0.25, -0.2) is 4.79 Å². The molecule has 3 rings (SSSR count). The normalized spacial score (nSPS) is 16.4. The summed E-state index contributed by atoms with van der Waals surface area (Å²) in [6.07, 6.45) is 4.36. The highest BCUT2D eigenvalue weighted by Crippen LogP contribution is 2.31. The van der Waals surface area contributed by atoms with Crippen LogP contribution >= 0.6 is 0 Å². The first-order valence-corrected chi connectivity index (χ1v) is 9.20. The molecule has 0 unspecified atom stereocenters. The lowest BCUT2D eigenvalue weighted by Gasteiger charge is -2.24. The first kappa shape index (κ1) is 18.1. The predicted molar refractivity (Wildman–Crippen MR) is 103 cm³/mol. The van der Waals surface area contributed by atoms with Crippen molar-refractivity contribution in [1.29, 1.82) is 0 Å². The Morgan fingerprint density at radius 2 is 1.88 bits per heavy atom. The largest absolute Gasteiger partial charge is 0.493 e. The summed E-state index contributed by atoms with van der Waals surface area (Å²) in [5, 5.41) is 2.99. The number of hydrogen-bond acceptors (Lipinski definition) is 3. The molecule has 0 aromatic heterocycles. The Balaban J connectivity index is 1.61. The Morgan fingerprint density at radius 1 is 1.15 bits per heavy atom. The summed E-state index contributed by atoms with van der Waals surface area (Å²) in [7, 11) is 1.62. The fourth-order valence-corrected chi connectivity index (χ4v) is 3.37. The number of anilines is 1. The van der Waals surface area contributed by atoms with Gasteiger partial charge in [-0.2, -0.15) is 0 Å². The van der Waals surface area contributed by atoms with Crippen molar-refractivity contribution < 1.29 is 14.3 Å². The van der Waals surface area contributed by atoms with Crippen LogP contribution in [0.5, 0.6) is 17.2 Å². The summed E-state index contributed by atoms with van der Waals surface area (Å²) >= 11 is 0. The molecule has 1 N–H and O–H groups in total. The van der Waals surface area contributed by atoms with Crippen molar-refractivity contribution in [2.75, 3.05) is 19.0 Å². The molecule has 26 heavy (non-hydrogen) atoms. The van der Waals surface area contributed by atoms with Gasteiger partial charge in [-0.3, -0.25) is 0 Å². The van der Waals surface area contributed by atoms with Gasteiger partial charge in [0.1, 0.15) is 5.75 Å². The van der Waals surface area contributed by atoms with Crippen LogP contribution in [0.1, 0.15) is 32.6 Å². The number of carbonyl (C=O) groups excluding carboxylic acids is 1. The molecule has 1 heterocycles. The highest BCUT2D eigenvalue weighted by atomic mass is 16.5. The number of nitrogens with zero attached hydrogens (tertiary/aromatic N) is 1. The van der Waals surface area contributed by atoms with Crippen LogP contribution in [0.15, 0.2) is 48.5 Å². The molecule has 0 saturated carbocycles. The maximum atomic E-state index is 12.5. The second kappa shape index (κ2) is 8.61. The quantitative estimate of drug-likeness (QED) is 0.767. The molecular formula is C21H26N2O3. The van der Waals surface area contributed by atoms with E-state index in [2.05, 4.69) is 12.2 Å². The molecule has 2 aromatic carbocycles. The number of urea groups is 1. The van der Waals surface area contributed by atoms with Crippen LogP contribution in [0.3, 0.4) is 0 Å². The van der Waals surface area contributed by atoms with Gasteiger partial charge >= 0.3 is 6.03 Å². The van der Waals surface area contributed by atoms with E-state index in [-0.39, 0.29) is 6.03 Å². The minimum atomic E-state index is -0.0145. The number of methoxy groups -OCH3 is 1. The molecule has 1 aliphatic heterocycles. The monoisotopic (exact) mass is 354 g/mol. The Bertz CT molecular complexity index is 730. The second-order valence-corrected chi connectivity index (χ2v) is 6.49. The van der Waals surface area contributed by atoms with Crippen molar-refractivity contribution >= 4 is 11.7 Å². The zero-order valence-electron chi connectivity index (χ0n) is 15.4. The van der Waals surface area contributed by atoms with Gasteiger partial charge in [0.15, 0.2) is 11.5 Å². The minimum absolute atomic E-state index is 0.0145. The van der Waals surface area contributed by atoms with Crippen molar-refractivity contribution in [2.45, 2.75) is 38.6 Å². The molecule has 1 aliphatic rings. The Hall–Kier alpha value is -2.69. The third kappa shape index (κ3) is 4.28. The Morgan fingerprint density at radius 3 is 2.58 bits per heavy atom. The molecule has 1 atom stereocenters. The van der Waals surface area contributed by atoms with Gasteiger partial charge in [0.25, 0.3) is 0 Å². The second-order valence-electron chi connectivity index (χ2n) is 6.49. The van der Waals surface area contributed by atoms with Crippen LogP contribution in [-0.2, 0) is 0 Å². The van der Waals surface area contributed by atoms with E-state index in [4.69, 9.17) is 9.47 Å². The van der Waals surface area contributed by atoms with Gasteiger partial charge < -0.3 is 19.7 Å². The molecule has 2 amide bonds. The number of para-hydroxylation sites is 2. The van der Waals surface area contributed by atoms with E-state index < -0.39 is 0 Å². The summed E-state index contributed by atoms with van der Waals surface area (Å²) < 4.78 is 11.2. The van der Waals surface area contributed by atoms with Crippen molar-refractivity contribution in [1.82, 2.24) is 4.90 Å². The fraction of sp³-hybridized carbons (Fsp3) is 0.381. The van der Waals surface area contributed by atoms with Crippen molar-refractivity contribution in [3.63, 3.8) is 0 Å². The molecule has 1 saturated heterocycles. The number of nitrogens with one attached hydrogen (secondary N) is 1. The van der Waals surface area contributed by atoms with E-state index in [9.17, 15) is 4.79 Å². The van der Waals surface area contributed by atoms with Crippen molar-refractivity contribution in [3.05, 3.63) is 48.5 Å². The summed E-state index contributed by atoms with van der Waals surface area (Å²) in [5.74, 6) is 2.03. The molecule has 0 aliphatic carbocycles. The molecule has 0 bridgehead atoms. The van der Waals surface area contributed by atoms with E-state index in [1.165, 1.54) is 0 Å².